The summed E-state index contributed by atoms with van der Waals surface area (Å²) in [6.45, 7) is 16.1. The monoisotopic (exact) mass is 332 g/mol. The standard InChI is InChI=1S/C22H40N2/c1-14-18-11-17(22(18,4)5)12-20(14)24-9-8-23-13-15-6-7-16-10-19(15)21(16,2)3/h14-20,23-24H,6-13H2,1-5H3/t14-,15?,16?,17-,18?,19+,20-/m1/s1. The van der Waals surface area contributed by atoms with Crippen LogP contribution in [0.5, 0.6) is 0 Å². The van der Waals surface area contributed by atoms with Crippen molar-refractivity contribution < 1.29 is 0 Å². The van der Waals surface area contributed by atoms with Crippen molar-refractivity contribution >= 4 is 0 Å². The van der Waals surface area contributed by atoms with Crippen molar-refractivity contribution in [3.05, 3.63) is 0 Å². The Kier molecular flexibility index (Phi) is 4.32. The first kappa shape index (κ1) is 17.3. The van der Waals surface area contributed by atoms with Crippen LogP contribution in [-0.2, 0) is 0 Å². The lowest BCUT2D eigenvalue weighted by Crippen LogP contribution is -2.60. The van der Waals surface area contributed by atoms with Crippen LogP contribution >= 0.6 is 0 Å². The van der Waals surface area contributed by atoms with E-state index in [9.17, 15) is 0 Å². The highest BCUT2D eigenvalue weighted by molar-refractivity contribution is 5.07. The van der Waals surface area contributed by atoms with Gasteiger partial charge in [-0.25, -0.2) is 0 Å². The second-order valence-electron chi connectivity index (χ2n) is 10.9. The molecule has 2 heteroatoms. The zero-order valence-electron chi connectivity index (χ0n) is 16.7. The van der Waals surface area contributed by atoms with Gasteiger partial charge in [-0.2, -0.15) is 0 Å². The average molecular weight is 333 g/mol. The molecule has 2 nitrogen and oxygen atoms in total. The molecular formula is C22H40N2. The van der Waals surface area contributed by atoms with E-state index in [1.807, 2.05) is 0 Å². The van der Waals surface area contributed by atoms with Gasteiger partial charge in [0.15, 0.2) is 0 Å². The maximum Gasteiger partial charge on any atom is 0.00989 e. The molecule has 24 heavy (non-hydrogen) atoms. The maximum atomic E-state index is 3.88. The predicted molar refractivity (Wildman–Crippen MR) is 102 cm³/mol. The van der Waals surface area contributed by atoms with Crippen molar-refractivity contribution in [2.24, 2.45) is 46.3 Å². The molecular weight excluding hydrogens is 292 g/mol. The molecule has 0 saturated heterocycles. The van der Waals surface area contributed by atoms with Crippen LogP contribution in [0.4, 0.5) is 0 Å². The van der Waals surface area contributed by atoms with Crippen LogP contribution in [0, 0.1) is 46.3 Å². The molecule has 6 fully saturated rings. The molecule has 2 N–H and O–H groups in total. The van der Waals surface area contributed by atoms with Crippen LogP contribution in [0.25, 0.3) is 0 Å². The highest BCUT2D eigenvalue weighted by Gasteiger charge is 2.56. The van der Waals surface area contributed by atoms with Gasteiger partial charge in [0.05, 0.1) is 0 Å². The van der Waals surface area contributed by atoms with Crippen LogP contribution in [0.2, 0.25) is 0 Å². The minimum Gasteiger partial charge on any atom is -0.315 e. The molecule has 0 amide bonds. The smallest absolute Gasteiger partial charge is 0.00989 e. The fourth-order valence-electron chi connectivity index (χ4n) is 7.26. The Hall–Kier alpha value is -0.0800. The van der Waals surface area contributed by atoms with E-state index in [1.165, 1.54) is 38.6 Å². The number of rotatable bonds is 6. The van der Waals surface area contributed by atoms with E-state index >= 15 is 0 Å². The summed E-state index contributed by atoms with van der Waals surface area (Å²) in [5, 5.41) is 7.66. The predicted octanol–water partition coefficient (Wildman–Crippen LogP) is 4.31. The first-order valence-corrected chi connectivity index (χ1v) is 10.8. The van der Waals surface area contributed by atoms with Gasteiger partial charge in [-0.1, -0.05) is 34.6 Å². The Bertz CT molecular complexity index is 467. The van der Waals surface area contributed by atoms with Gasteiger partial charge < -0.3 is 10.6 Å². The SMILES string of the molecule is C[C@@H]1C2C[C@H](C[C@H]1NCCNCC1CCC3C[C@@H]1C3(C)C)C2(C)C. The van der Waals surface area contributed by atoms with Crippen LogP contribution in [0.15, 0.2) is 0 Å². The van der Waals surface area contributed by atoms with Gasteiger partial charge in [-0.15, -0.1) is 0 Å². The Morgan fingerprint density at radius 3 is 2.17 bits per heavy atom. The molecule has 3 unspecified atom stereocenters. The molecule has 6 aliphatic rings. The first-order valence-electron chi connectivity index (χ1n) is 10.8. The zero-order valence-corrected chi connectivity index (χ0v) is 16.7. The molecule has 0 aromatic heterocycles. The Morgan fingerprint density at radius 2 is 1.54 bits per heavy atom. The molecule has 6 rings (SSSR count). The van der Waals surface area contributed by atoms with Crippen molar-refractivity contribution in [3.8, 4) is 0 Å². The largest absolute Gasteiger partial charge is 0.315 e. The van der Waals surface area contributed by atoms with E-state index in [-0.39, 0.29) is 0 Å². The van der Waals surface area contributed by atoms with Crippen molar-refractivity contribution in [1.29, 1.82) is 0 Å². The molecule has 0 aromatic rings. The molecule has 0 spiro atoms. The van der Waals surface area contributed by atoms with E-state index < -0.39 is 0 Å². The minimum atomic E-state index is 0.615. The number of nitrogens with one attached hydrogen (secondary N) is 2. The highest BCUT2D eigenvalue weighted by Crippen LogP contribution is 2.62. The fourth-order valence-corrected chi connectivity index (χ4v) is 7.26. The summed E-state index contributed by atoms with van der Waals surface area (Å²) in [4.78, 5) is 0. The summed E-state index contributed by atoms with van der Waals surface area (Å²) in [5.74, 6) is 5.74. The minimum absolute atomic E-state index is 0.615. The van der Waals surface area contributed by atoms with Crippen molar-refractivity contribution in [1.82, 2.24) is 10.6 Å². The van der Waals surface area contributed by atoms with Gasteiger partial charge in [0.25, 0.3) is 0 Å². The van der Waals surface area contributed by atoms with Gasteiger partial charge in [-0.3, -0.25) is 0 Å². The molecule has 0 aromatic carbocycles. The van der Waals surface area contributed by atoms with Crippen LogP contribution in [0.3, 0.4) is 0 Å². The molecule has 4 bridgehead atoms. The zero-order chi connectivity index (χ0) is 17.1. The third-order valence-corrected chi connectivity index (χ3v) is 9.47. The van der Waals surface area contributed by atoms with Gasteiger partial charge in [0.1, 0.15) is 0 Å². The topological polar surface area (TPSA) is 24.1 Å². The third kappa shape index (κ3) is 2.58. The lowest BCUT2D eigenvalue weighted by atomic mass is 9.45. The first-order chi connectivity index (χ1) is 11.3. The third-order valence-electron chi connectivity index (χ3n) is 9.47. The van der Waals surface area contributed by atoms with E-state index in [0.717, 1.165) is 54.6 Å². The van der Waals surface area contributed by atoms with E-state index in [1.54, 1.807) is 0 Å². The highest BCUT2D eigenvalue weighted by atomic mass is 15.0. The van der Waals surface area contributed by atoms with E-state index in [2.05, 4.69) is 45.3 Å². The van der Waals surface area contributed by atoms with Crippen LogP contribution in [0.1, 0.15) is 66.7 Å². The normalized spacial score (nSPS) is 47.6. The Morgan fingerprint density at radius 1 is 0.833 bits per heavy atom. The molecule has 0 radical (unpaired) electrons. The van der Waals surface area contributed by atoms with Gasteiger partial charge in [-0.05, 0) is 85.0 Å². The molecule has 6 aliphatic carbocycles. The summed E-state index contributed by atoms with van der Waals surface area (Å²) in [7, 11) is 0. The summed E-state index contributed by atoms with van der Waals surface area (Å²) in [6, 6.07) is 0.768. The van der Waals surface area contributed by atoms with E-state index in [0.29, 0.717) is 10.8 Å². The van der Waals surface area contributed by atoms with Crippen LogP contribution in [-0.4, -0.2) is 25.7 Å². The second-order valence-corrected chi connectivity index (χ2v) is 10.9. The summed E-state index contributed by atoms with van der Waals surface area (Å²) >= 11 is 0. The van der Waals surface area contributed by atoms with Gasteiger partial charge >= 0.3 is 0 Å². The lowest BCUT2D eigenvalue weighted by Gasteiger charge is -2.62. The molecule has 0 heterocycles. The van der Waals surface area contributed by atoms with Gasteiger partial charge in [0, 0.05) is 19.1 Å². The van der Waals surface area contributed by atoms with Gasteiger partial charge in [0.2, 0.25) is 0 Å². The number of hydrogen-bond acceptors (Lipinski definition) is 2. The summed E-state index contributed by atoms with van der Waals surface area (Å²) in [5.41, 5.74) is 1.25. The maximum absolute atomic E-state index is 3.88. The van der Waals surface area contributed by atoms with Crippen molar-refractivity contribution in [2.75, 3.05) is 19.6 Å². The van der Waals surface area contributed by atoms with E-state index in [4.69, 9.17) is 0 Å². The lowest BCUT2D eigenvalue weighted by molar-refractivity contribution is -0.115. The van der Waals surface area contributed by atoms with Crippen molar-refractivity contribution in [2.45, 2.75) is 72.8 Å². The Labute approximate surface area is 149 Å². The average Bonchev–Trinajstić information content (AvgIpc) is 2.55. The summed E-state index contributed by atoms with van der Waals surface area (Å²) in [6.07, 6.45) is 7.36. The number of fused-ring (bicyclic) bond motifs is 4. The molecule has 0 aliphatic heterocycles. The molecule has 6 saturated carbocycles. The quantitative estimate of drug-likeness (QED) is 0.708. The second kappa shape index (κ2) is 5.98. The Balaban J connectivity index is 1.15. The van der Waals surface area contributed by atoms with Crippen molar-refractivity contribution in [3.63, 3.8) is 0 Å². The molecule has 138 valence electrons. The fraction of sp³-hybridized carbons (Fsp3) is 1.00. The van der Waals surface area contributed by atoms with Crippen LogP contribution < -0.4 is 10.6 Å². The molecule has 7 atom stereocenters. The summed E-state index contributed by atoms with van der Waals surface area (Å²) < 4.78 is 0. The number of hydrogen-bond donors (Lipinski definition) is 2.